The summed E-state index contributed by atoms with van der Waals surface area (Å²) >= 11 is 0. The lowest BCUT2D eigenvalue weighted by molar-refractivity contribution is 1.16. The number of nitrogens with zero attached hydrogens (tertiary/aromatic N) is 16. The molecule has 0 amide bonds. The van der Waals surface area contributed by atoms with Crippen LogP contribution in [0.25, 0.3) is 243 Å². The Labute approximate surface area is 796 Å². The summed E-state index contributed by atoms with van der Waals surface area (Å²) in [5, 5.41) is 14.4. The number of rotatable bonds is 0. The van der Waals surface area contributed by atoms with E-state index in [2.05, 4.69) is 300 Å². The maximum absolute atomic E-state index is 5.01. The topological polar surface area (TPSA) is 172 Å². The maximum atomic E-state index is 5.01. The van der Waals surface area contributed by atoms with Crippen LogP contribution in [0.3, 0.4) is 0 Å². The molecule has 140 heavy (non-hydrogen) atoms. The van der Waals surface area contributed by atoms with Crippen LogP contribution in [-0.4, -0.2) is 77.4 Å². The first-order chi connectivity index (χ1) is 69.4. The van der Waals surface area contributed by atoms with Crippen molar-refractivity contribution in [2.45, 2.75) is 51.4 Å². The minimum Gasteiger partial charge on any atom is -0.288 e. The van der Waals surface area contributed by atoms with E-state index in [-0.39, 0.29) is 0 Å². The third kappa shape index (κ3) is 10.3. The zero-order valence-electron chi connectivity index (χ0n) is 75.1. The van der Waals surface area contributed by atoms with E-state index in [1.165, 1.54) is 227 Å². The molecule has 16 aromatic heterocycles. The second-order valence-electron chi connectivity index (χ2n) is 38.8. The summed E-state index contributed by atoms with van der Waals surface area (Å²) in [5.41, 5.74) is 60.1. The van der Waals surface area contributed by atoms with E-state index < -0.39 is 0 Å². The van der Waals surface area contributed by atoms with Gasteiger partial charge in [0.2, 0.25) is 0 Å². The molecule has 0 bridgehead atoms. The zero-order valence-corrected chi connectivity index (χ0v) is 75.1. The van der Waals surface area contributed by atoms with Gasteiger partial charge in [-0.2, -0.15) is 0 Å². The van der Waals surface area contributed by atoms with Crippen LogP contribution in [0.4, 0.5) is 0 Å². The maximum Gasteiger partial charge on any atom is 0.178 e. The SMILES string of the molecule is c1ccc2c(c1)Cc1c-2ccc2c1-c1cc3c(cc1C2)c1ccncc1n1c2cccnc2nc31.c1ccc2c(c1)Cc1c-2ccc2c1Cc1cc3c4ccncc4n4c5cccnc5nc4c3cc1-2.c1ccc2c(c1)Cc1cc3c(cc1-2)-c1cc2c(cc1C3)c1ccncc1n1c3cccnc3nc21.c1ccc2c(c1)Cc1ccc3c(c1-2)-c1cc2c(cc1C3)c1ccncc1n1c3cccnc3nc21. The Bertz CT molecular complexity index is 10700. The molecule has 0 fully saturated rings. The van der Waals surface area contributed by atoms with Crippen LogP contribution in [0, 0.1) is 0 Å². The van der Waals surface area contributed by atoms with Crippen molar-refractivity contribution >= 4 is 154 Å². The normalized spacial score (nSPS) is 13.5. The number of fused-ring (bicyclic) bond motifs is 59. The molecule has 0 saturated heterocycles. The van der Waals surface area contributed by atoms with Gasteiger partial charge in [0.25, 0.3) is 0 Å². The lowest BCUT2D eigenvalue weighted by Gasteiger charge is -2.13. The summed E-state index contributed by atoms with van der Waals surface area (Å²) < 4.78 is 8.88. The fourth-order valence-electron chi connectivity index (χ4n) is 25.9. The Kier molecular flexibility index (Phi) is 14.9. The molecule has 0 unspecified atom stereocenters. The lowest BCUT2D eigenvalue weighted by Crippen LogP contribution is -1.94. The van der Waals surface area contributed by atoms with E-state index in [9.17, 15) is 0 Å². The molecule has 648 valence electrons. The van der Waals surface area contributed by atoms with Crippen LogP contribution in [0.1, 0.15) is 89.0 Å². The van der Waals surface area contributed by atoms with Gasteiger partial charge >= 0.3 is 0 Å². The molecule has 12 aromatic carbocycles. The van der Waals surface area contributed by atoms with Gasteiger partial charge in [0.15, 0.2) is 22.6 Å². The smallest absolute Gasteiger partial charge is 0.178 e. The molecule has 0 N–H and O–H groups in total. The van der Waals surface area contributed by atoms with Crippen molar-refractivity contribution < 1.29 is 0 Å². The zero-order chi connectivity index (χ0) is 90.7. The van der Waals surface area contributed by atoms with E-state index in [1.54, 1.807) is 0 Å². The van der Waals surface area contributed by atoms with Crippen molar-refractivity contribution in [2.24, 2.45) is 0 Å². The molecule has 0 saturated carbocycles. The van der Waals surface area contributed by atoms with Gasteiger partial charge in [-0.15, -0.1) is 0 Å². The first kappa shape index (κ1) is 75.1. The summed E-state index contributed by atoms with van der Waals surface area (Å²) in [7, 11) is 0. The molecule has 0 aliphatic heterocycles. The predicted octanol–water partition coefficient (Wildman–Crippen LogP) is 26.9. The van der Waals surface area contributed by atoms with Crippen molar-refractivity contribution in [2.75, 3.05) is 0 Å². The minimum atomic E-state index is 0.764. The van der Waals surface area contributed by atoms with E-state index in [0.717, 1.165) is 157 Å². The van der Waals surface area contributed by atoms with E-state index in [0.29, 0.717) is 0 Å². The highest BCUT2D eigenvalue weighted by Gasteiger charge is 2.36. The van der Waals surface area contributed by atoms with E-state index in [1.807, 2.05) is 98.6 Å². The van der Waals surface area contributed by atoms with Gasteiger partial charge in [0.1, 0.15) is 22.6 Å². The Morgan fingerprint density at radius 1 is 0.164 bits per heavy atom. The summed E-state index contributed by atoms with van der Waals surface area (Å²) in [4.78, 5) is 56.0. The predicted molar refractivity (Wildman–Crippen MR) is 559 cm³/mol. The Balaban J connectivity index is 0.0000000829. The molecule has 0 radical (unpaired) electrons. The highest BCUT2D eigenvalue weighted by molar-refractivity contribution is 6.20. The second kappa shape index (κ2) is 27.7. The number of aromatic nitrogens is 16. The van der Waals surface area contributed by atoms with Gasteiger partial charge in [0.05, 0.1) is 68.9 Å². The first-order valence-electron chi connectivity index (χ1n) is 48.2. The second-order valence-corrected chi connectivity index (χ2v) is 38.8. The largest absolute Gasteiger partial charge is 0.288 e. The number of pyridine rings is 12. The molecule has 16 heterocycles. The minimum absolute atomic E-state index is 0.764. The van der Waals surface area contributed by atoms with Gasteiger partial charge < -0.3 is 0 Å². The van der Waals surface area contributed by atoms with Gasteiger partial charge in [-0.05, 0) is 378 Å². The summed E-state index contributed by atoms with van der Waals surface area (Å²) in [5.74, 6) is 0. The molecule has 0 atom stereocenters. The summed E-state index contributed by atoms with van der Waals surface area (Å²) in [6, 6.07) is 98.1. The van der Waals surface area contributed by atoms with Crippen molar-refractivity contribution in [3.05, 3.63) is 430 Å². The molecule has 16 nitrogen and oxygen atoms in total. The molecule has 0 spiro atoms. The molecule has 28 aromatic rings. The van der Waals surface area contributed by atoms with Crippen molar-refractivity contribution in [3.63, 3.8) is 0 Å². The van der Waals surface area contributed by atoms with Gasteiger partial charge in [0, 0.05) is 92.7 Å². The number of hydrogen-bond acceptors (Lipinski definition) is 12. The first-order valence-corrected chi connectivity index (χ1v) is 48.2. The van der Waals surface area contributed by atoms with E-state index in [4.69, 9.17) is 19.9 Å². The fraction of sp³-hybridized carbons (Fsp3) is 0.0645. The quantitative estimate of drug-likeness (QED) is 0.132. The van der Waals surface area contributed by atoms with Crippen LogP contribution in [-0.2, 0) is 51.4 Å². The van der Waals surface area contributed by atoms with Crippen molar-refractivity contribution in [1.82, 2.24) is 77.4 Å². The number of benzene rings is 12. The molecule has 16 heteroatoms. The lowest BCUT2D eigenvalue weighted by atomic mass is 9.92. The van der Waals surface area contributed by atoms with Gasteiger partial charge in [-0.25, -0.2) is 39.9 Å². The number of imidazole rings is 4. The summed E-state index contributed by atoms with van der Waals surface area (Å²) in [6.45, 7) is 0. The van der Waals surface area contributed by atoms with Crippen LogP contribution in [0.5, 0.6) is 0 Å². The summed E-state index contributed by atoms with van der Waals surface area (Å²) in [6.07, 6.45) is 30.5. The van der Waals surface area contributed by atoms with Crippen LogP contribution < -0.4 is 0 Å². The average Bonchev–Trinajstić information content (AvgIpc) is 1.55. The Hall–Kier alpha value is -18.3. The molecule has 8 aliphatic rings. The van der Waals surface area contributed by atoms with Gasteiger partial charge in [-0.3, -0.25) is 37.5 Å². The third-order valence-electron chi connectivity index (χ3n) is 31.9. The van der Waals surface area contributed by atoms with Crippen LogP contribution in [0.15, 0.2) is 341 Å². The average molecular weight is 1790 g/mol. The van der Waals surface area contributed by atoms with Crippen LogP contribution in [0.2, 0.25) is 0 Å². The highest BCUT2D eigenvalue weighted by Crippen LogP contribution is 2.56. The molecule has 8 aliphatic carbocycles. The molecular formula is C124H72N16. The Morgan fingerprint density at radius 2 is 0.450 bits per heavy atom. The third-order valence-corrected chi connectivity index (χ3v) is 31.9. The highest BCUT2D eigenvalue weighted by atomic mass is 15.1. The number of hydrogen-bond donors (Lipinski definition) is 0. The van der Waals surface area contributed by atoms with Crippen molar-refractivity contribution in [3.8, 4) is 89.0 Å². The van der Waals surface area contributed by atoms with E-state index >= 15 is 0 Å². The monoisotopic (exact) mass is 1780 g/mol. The van der Waals surface area contributed by atoms with Gasteiger partial charge in [-0.1, -0.05) is 140 Å². The molecule has 36 rings (SSSR count). The standard InChI is InChI=1S/4C31H18N4/c1-2-5-20-17(4-1)13-25-21(20)8-7-18-12-19-14-24-22-9-11-32-16-28(22)35-27-6-3-10-33-30(27)34-31(35)26(24)15-23(19)29(18)25;1-2-5-19-17(4-1)12-24-20(19)7-8-21-23-15-27-26(14-18(23)13-25(21)24)22-9-11-32-16-29(22)35-28-6-3-10-33-30(28)34-31(27)35;1-2-5-21-17(4-1)12-18-7-8-19-13-20-14-24-22-9-11-32-16-27(22)35-26-6-3-10-33-30(26)34-31(35)25(24)15-23(20)29(19)28(18)21;1-2-5-21-17(4-1)10-18-11-19-12-20-13-26-22-7-9-32-16-29(22)35-28-6-3-8-33-30(28)34-31(35)27(26)15-25(20)24(19)14-23(18)21/h3*1-11,14-16H,12-13H2;1-9,11,13-16H,10,12H2. The Morgan fingerprint density at radius 3 is 0.907 bits per heavy atom. The fourth-order valence-corrected chi connectivity index (χ4v) is 25.9. The van der Waals surface area contributed by atoms with Crippen molar-refractivity contribution in [1.29, 1.82) is 0 Å². The molecular weight excluding hydrogens is 1710 g/mol. The van der Waals surface area contributed by atoms with Crippen LogP contribution >= 0.6 is 0 Å².